The normalized spacial score (nSPS) is 10.3. The third kappa shape index (κ3) is 5.02. The third-order valence-corrected chi connectivity index (χ3v) is 3.70. The summed E-state index contributed by atoms with van der Waals surface area (Å²) in [4.78, 5) is 34.4. The Balaban J connectivity index is 2.10. The quantitative estimate of drug-likeness (QED) is 0.731. The van der Waals surface area contributed by atoms with E-state index in [1.165, 1.54) is 19.5 Å². The monoisotopic (exact) mass is 356 g/mol. The molecule has 2 aromatic rings. The van der Waals surface area contributed by atoms with Crippen LogP contribution in [0.4, 0.5) is 11.5 Å². The Kier molecular flexibility index (Phi) is 7.08. The van der Waals surface area contributed by atoms with Crippen molar-refractivity contribution in [1.29, 1.82) is 0 Å². The molecule has 1 amide bonds. The SMILES string of the molecule is CCCN(CCC)C(=O)c1cnc(Nc2cccc(C(=O)OC)c2)cn1. The molecule has 0 unspecified atom stereocenters. The lowest BCUT2D eigenvalue weighted by Gasteiger charge is -2.20. The highest BCUT2D eigenvalue weighted by Crippen LogP contribution is 2.16. The molecular weight excluding hydrogens is 332 g/mol. The van der Waals surface area contributed by atoms with E-state index in [1.807, 2.05) is 13.8 Å². The van der Waals surface area contributed by atoms with Crippen LogP contribution in [0.2, 0.25) is 0 Å². The number of methoxy groups -OCH3 is 1. The number of nitrogens with zero attached hydrogens (tertiary/aromatic N) is 3. The molecule has 0 bridgehead atoms. The number of hydrogen-bond acceptors (Lipinski definition) is 6. The van der Waals surface area contributed by atoms with Crippen molar-refractivity contribution in [3.8, 4) is 0 Å². The van der Waals surface area contributed by atoms with E-state index < -0.39 is 5.97 Å². The second-order valence-corrected chi connectivity index (χ2v) is 5.78. The maximum atomic E-state index is 12.5. The summed E-state index contributed by atoms with van der Waals surface area (Å²) >= 11 is 0. The molecule has 0 saturated heterocycles. The van der Waals surface area contributed by atoms with Gasteiger partial charge in [0.2, 0.25) is 0 Å². The van der Waals surface area contributed by atoms with E-state index in [0.717, 1.165) is 12.8 Å². The second kappa shape index (κ2) is 9.50. The topological polar surface area (TPSA) is 84.4 Å². The number of hydrogen-bond donors (Lipinski definition) is 1. The molecule has 0 saturated carbocycles. The number of rotatable bonds is 8. The molecule has 0 spiro atoms. The van der Waals surface area contributed by atoms with Gasteiger partial charge in [0.15, 0.2) is 0 Å². The summed E-state index contributed by atoms with van der Waals surface area (Å²) in [5.74, 6) is -0.0332. The lowest BCUT2D eigenvalue weighted by molar-refractivity contribution is 0.0600. The summed E-state index contributed by atoms with van der Waals surface area (Å²) in [6.07, 6.45) is 4.77. The van der Waals surface area contributed by atoms with Gasteiger partial charge in [-0.15, -0.1) is 0 Å². The molecule has 0 aliphatic heterocycles. The van der Waals surface area contributed by atoms with E-state index in [4.69, 9.17) is 4.74 Å². The van der Waals surface area contributed by atoms with Gasteiger partial charge in [0.05, 0.1) is 25.1 Å². The number of ether oxygens (including phenoxy) is 1. The van der Waals surface area contributed by atoms with Crippen molar-refractivity contribution in [2.75, 3.05) is 25.5 Å². The zero-order chi connectivity index (χ0) is 18.9. The molecule has 26 heavy (non-hydrogen) atoms. The summed E-state index contributed by atoms with van der Waals surface area (Å²) in [5.41, 5.74) is 1.44. The zero-order valence-corrected chi connectivity index (χ0v) is 15.4. The van der Waals surface area contributed by atoms with Crippen LogP contribution < -0.4 is 5.32 Å². The van der Waals surface area contributed by atoms with Crippen LogP contribution in [0.3, 0.4) is 0 Å². The number of carbonyl (C=O) groups is 2. The Bertz CT molecular complexity index is 741. The van der Waals surface area contributed by atoms with Gasteiger partial charge >= 0.3 is 5.97 Å². The average molecular weight is 356 g/mol. The number of carbonyl (C=O) groups excluding carboxylic acids is 2. The maximum absolute atomic E-state index is 12.5. The molecule has 0 aliphatic rings. The average Bonchev–Trinajstić information content (AvgIpc) is 2.67. The van der Waals surface area contributed by atoms with Crippen LogP contribution in [-0.4, -0.2) is 46.9 Å². The minimum Gasteiger partial charge on any atom is -0.465 e. The minimum absolute atomic E-state index is 0.111. The number of benzene rings is 1. The number of anilines is 2. The number of amides is 1. The summed E-state index contributed by atoms with van der Waals surface area (Å²) in [7, 11) is 1.34. The summed E-state index contributed by atoms with van der Waals surface area (Å²) in [5, 5.41) is 3.06. The predicted molar refractivity (Wildman–Crippen MR) is 99.6 cm³/mol. The van der Waals surface area contributed by atoms with Gasteiger partial charge in [-0.2, -0.15) is 0 Å². The Morgan fingerprint density at radius 1 is 1.12 bits per heavy atom. The maximum Gasteiger partial charge on any atom is 0.337 e. The first kappa shape index (κ1) is 19.4. The number of esters is 1. The molecule has 7 nitrogen and oxygen atoms in total. The van der Waals surface area contributed by atoms with Gasteiger partial charge in [0.1, 0.15) is 11.5 Å². The highest BCUT2D eigenvalue weighted by Gasteiger charge is 2.16. The second-order valence-electron chi connectivity index (χ2n) is 5.78. The van der Waals surface area contributed by atoms with Crippen LogP contribution in [0.1, 0.15) is 47.5 Å². The third-order valence-electron chi connectivity index (χ3n) is 3.70. The van der Waals surface area contributed by atoms with Crippen molar-refractivity contribution in [3.05, 3.63) is 47.9 Å². The van der Waals surface area contributed by atoms with Crippen molar-refractivity contribution in [2.24, 2.45) is 0 Å². The van der Waals surface area contributed by atoms with E-state index in [0.29, 0.717) is 35.9 Å². The number of nitrogens with one attached hydrogen (secondary N) is 1. The molecule has 0 radical (unpaired) electrons. The van der Waals surface area contributed by atoms with Crippen molar-refractivity contribution in [3.63, 3.8) is 0 Å². The van der Waals surface area contributed by atoms with Crippen molar-refractivity contribution < 1.29 is 14.3 Å². The lowest BCUT2D eigenvalue weighted by Crippen LogP contribution is -2.33. The molecule has 0 aliphatic carbocycles. The van der Waals surface area contributed by atoms with Crippen LogP contribution >= 0.6 is 0 Å². The zero-order valence-electron chi connectivity index (χ0n) is 15.4. The Morgan fingerprint density at radius 2 is 1.85 bits per heavy atom. The van der Waals surface area contributed by atoms with Gasteiger partial charge < -0.3 is 15.0 Å². The van der Waals surface area contributed by atoms with Crippen molar-refractivity contribution in [2.45, 2.75) is 26.7 Å². The van der Waals surface area contributed by atoms with Crippen LogP contribution in [0, 0.1) is 0 Å². The molecule has 0 atom stereocenters. The van der Waals surface area contributed by atoms with E-state index in [9.17, 15) is 9.59 Å². The van der Waals surface area contributed by atoms with Gasteiger partial charge in [-0.1, -0.05) is 19.9 Å². The van der Waals surface area contributed by atoms with E-state index in [1.54, 1.807) is 29.2 Å². The van der Waals surface area contributed by atoms with Crippen molar-refractivity contribution in [1.82, 2.24) is 14.9 Å². The largest absolute Gasteiger partial charge is 0.465 e. The molecular formula is C19H24N4O3. The molecule has 1 aromatic carbocycles. The van der Waals surface area contributed by atoms with Gasteiger partial charge in [0, 0.05) is 18.8 Å². The summed E-state index contributed by atoms with van der Waals surface area (Å²) < 4.78 is 4.71. The number of aromatic nitrogens is 2. The first-order valence-electron chi connectivity index (χ1n) is 8.65. The fraction of sp³-hybridized carbons (Fsp3) is 0.368. The molecule has 0 fully saturated rings. The Hall–Kier alpha value is -2.96. The fourth-order valence-electron chi connectivity index (χ4n) is 2.51. The molecule has 7 heteroatoms. The standard InChI is InChI=1S/C19H24N4O3/c1-4-9-23(10-5-2)18(24)16-12-21-17(13-20-16)22-15-8-6-7-14(11-15)19(25)26-3/h6-8,11-13H,4-5,9-10H2,1-3H3,(H,21,22). The van der Waals surface area contributed by atoms with E-state index in [-0.39, 0.29) is 5.91 Å². The fourth-order valence-corrected chi connectivity index (χ4v) is 2.51. The highest BCUT2D eigenvalue weighted by molar-refractivity contribution is 5.92. The Labute approximate surface area is 153 Å². The van der Waals surface area contributed by atoms with E-state index in [2.05, 4.69) is 15.3 Å². The molecule has 1 heterocycles. The molecule has 2 rings (SSSR count). The first-order valence-corrected chi connectivity index (χ1v) is 8.65. The van der Waals surface area contributed by atoms with Gasteiger partial charge in [0.25, 0.3) is 5.91 Å². The van der Waals surface area contributed by atoms with Crippen LogP contribution in [-0.2, 0) is 4.74 Å². The minimum atomic E-state index is -0.410. The summed E-state index contributed by atoms with van der Waals surface area (Å²) in [6, 6.07) is 6.88. The van der Waals surface area contributed by atoms with Crippen LogP contribution in [0.15, 0.2) is 36.7 Å². The first-order chi connectivity index (χ1) is 12.6. The van der Waals surface area contributed by atoms with Crippen LogP contribution in [0.5, 0.6) is 0 Å². The van der Waals surface area contributed by atoms with Crippen molar-refractivity contribution >= 4 is 23.4 Å². The predicted octanol–water partition coefficient (Wildman–Crippen LogP) is 3.27. The van der Waals surface area contributed by atoms with Crippen LogP contribution in [0.25, 0.3) is 0 Å². The lowest BCUT2D eigenvalue weighted by atomic mass is 10.2. The Morgan fingerprint density at radius 3 is 2.42 bits per heavy atom. The van der Waals surface area contributed by atoms with E-state index >= 15 is 0 Å². The smallest absolute Gasteiger partial charge is 0.337 e. The van der Waals surface area contributed by atoms with Gasteiger partial charge in [-0.3, -0.25) is 4.79 Å². The molecule has 1 aromatic heterocycles. The van der Waals surface area contributed by atoms with Gasteiger partial charge in [-0.05, 0) is 31.0 Å². The summed E-state index contributed by atoms with van der Waals surface area (Å²) in [6.45, 7) is 5.48. The highest BCUT2D eigenvalue weighted by atomic mass is 16.5. The van der Waals surface area contributed by atoms with Gasteiger partial charge in [-0.25, -0.2) is 14.8 Å². The molecule has 138 valence electrons. The molecule has 1 N–H and O–H groups in total.